The number of nitrogens with one attached hydrogen (secondary N) is 1. The van der Waals surface area contributed by atoms with E-state index in [9.17, 15) is 14.4 Å². The minimum atomic E-state index is -0.479. The second-order valence-electron chi connectivity index (χ2n) is 4.28. The first-order valence-corrected chi connectivity index (χ1v) is 5.84. The van der Waals surface area contributed by atoms with Gasteiger partial charge in [-0.05, 0) is 18.6 Å². The summed E-state index contributed by atoms with van der Waals surface area (Å²) < 4.78 is 0. The molecule has 1 unspecified atom stereocenters. The smallest absolute Gasteiger partial charge is 0.273 e. The van der Waals surface area contributed by atoms with Crippen LogP contribution in [0.1, 0.15) is 41.0 Å². The van der Waals surface area contributed by atoms with Crippen molar-refractivity contribution in [3.8, 4) is 0 Å². The molecule has 3 amide bonds. The van der Waals surface area contributed by atoms with Gasteiger partial charge in [-0.2, -0.15) is 5.01 Å². The number of carbonyl (C=O) groups excluding carboxylic acids is 3. The van der Waals surface area contributed by atoms with Gasteiger partial charge in [0.05, 0.1) is 11.1 Å². The van der Waals surface area contributed by atoms with Crippen LogP contribution in [0.3, 0.4) is 0 Å². The number of rotatable bonds is 3. The van der Waals surface area contributed by atoms with Crippen LogP contribution in [0.4, 0.5) is 0 Å². The molecule has 1 aliphatic heterocycles. The SMILES string of the molecule is CCC(C)C(=O)NN1C(=O)c2ccccc2C1=O. The summed E-state index contributed by atoms with van der Waals surface area (Å²) in [5, 5.41) is 0.791. The van der Waals surface area contributed by atoms with E-state index in [1.165, 1.54) is 0 Å². The molecule has 0 saturated carbocycles. The second-order valence-corrected chi connectivity index (χ2v) is 4.28. The van der Waals surface area contributed by atoms with E-state index in [-0.39, 0.29) is 11.8 Å². The highest BCUT2D eigenvalue weighted by Crippen LogP contribution is 2.20. The number of carbonyl (C=O) groups is 3. The van der Waals surface area contributed by atoms with E-state index in [0.29, 0.717) is 17.5 Å². The predicted octanol–water partition coefficient (Wildman–Crippen LogP) is 1.36. The average Bonchev–Trinajstić information content (AvgIpc) is 2.63. The Balaban J connectivity index is 2.22. The molecule has 0 fully saturated rings. The van der Waals surface area contributed by atoms with Gasteiger partial charge >= 0.3 is 0 Å². The zero-order valence-corrected chi connectivity index (χ0v) is 10.3. The summed E-state index contributed by atoms with van der Waals surface area (Å²) in [6, 6.07) is 6.52. The average molecular weight is 246 g/mol. The minimum Gasteiger partial charge on any atom is -0.273 e. The van der Waals surface area contributed by atoms with E-state index in [4.69, 9.17) is 0 Å². The van der Waals surface area contributed by atoms with E-state index in [1.54, 1.807) is 31.2 Å². The Morgan fingerprint density at radius 2 is 1.72 bits per heavy atom. The molecule has 18 heavy (non-hydrogen) atoms. The number of hydrazine groups is 1. The molecule has 0 aliphatic carbocycles. The van der Waals surface area contributed by atoms with Crippen molar-refractivity contribution < 1.29 is 14.4 Å². The highest BCUT2D eigenvalue weighted by Gasteiger charge is 2.36. The van der Waals surface area contributed by atoms with Crippen LogP contribution in [0, 0.1) is 5.92 Å². The molecule has 0 bridgehead atoms. The Hall–Kier alpha value is -2.17. The Morgan fingerprint density at radius 3 is 2.17 bits per heavy atom. The first kappa shape index (κ1) is 12.3. The molecule has 2 rings (SSSR count). The second kappa shape index (κ2) is 4.60. The first-order chi connectivity index (χ1) is 8.56. The van der Waals surface area contributed by atoms with Gasteiger partial charge in [0.1, 0.15) is 0 Å². The molecule has 1 N–H and O–H groups in total. The summed E-state index contributed by atoms with van der Waals surface area (Å²) in [5.41, 5.74) is 3.02. The number of fused-ring (bicyclic) bond motifs is 1. The van der Waals surface area contributed by atoms with Gasteiger partial charge in [-0.25, -0.2) is 0 Å². The van der Waals surface area contributed by atoms with Crippen LogP contribution in [-0.2, 0) is 4.79 Å². The van der Waals surface area contributed by atoms with Crippen molar-refractivity contribution in [3.05, 3.63) is 35.4 Å². The third kappa shape index (κ3) is 1.88. The maximum absolute atomic E-state index is 11.9. The van der Waals surface area contributed by atoms with Gasteiger partial charge in [0.2, 0.25) is 5.91 Å². The zero-order chi connectivity index (χ0) is 13.3. The monoisotopic (exact) mass is 246 g/mol. The van der Waals surface area contributed by atoms with Gasteiger partial charge in [0, 0.05) is 5.92 Å². The summed E-state index contributed by atoms with van der Waals surface area (Å²) in [6.45, 7) is 3.61. The number of imide groups is 1. The fraction of sp³-hybridized carbons (Fsp3) is 0.308. The Labute approximate surface area is 105 Å². The largest absolute Gasteiger partial charge is 0.280 e. The molecule has 0 saturated heterocycles. The van der Waals surface area contributed by atoms with Crippen LogP contribution >= 0.6 is 0 Å². The molecule has 5 heteroatoms. The number of hydrogen-bond donors (Lipinski definition) is 1. The van der Waals surface area contributed by atoms with E-state index >= 15 is 0 Å². The zero-order valence-electron chi connectivity index (χ0n) is 10.3. The van der Waals surface area contributed by atoms with Gasteiger partial charge in [0.15, 0.2) is 0 Å². The van der Waals surface area contributed by atoms with Crippen molar-refractivity contribution in [2.24, 2.45) is 5.92 Å². The molecule has 1 aliphatic rings. The summed E-state index contributed by atoms with van der Waals surface area (Å²) >= 11 is 0. The lowest BCUT2D eigenvalue weighted by molar-refractivity contribution is -0.127. The quantitative estimate of drug-likeness (QED) is 0.819. The van der Waals surface area contributed by atoms with Gasteiger partial charge < -0.3 is 0 Å². The fourth-order valence-electron chi connectivity index (χ4n) is 1.70. The lowest BCUT2D eigenvalue weighted by Crippen LogP contribution is -2.47. The van der Waals surface area contributed by atoms with Gasteiger partial charge in [-0.1, -0.05) is 26.0 Å². The normalized spacial score (nSPS) is 15.6. The van der Waals surface area contributed by atoms with Crippen molar-refractivity contribution in [2.75, 3.05) is 0 Å². The van der Waals surface area contributed by atoms with E-state index < -0.39 is 11.8 Å². The molecule has 1 heterocycles. The highest BCUT2D eigenvalue weighted by molar-refractivity contribution is 6.21. The maximum atomic E-state index is 11.9. The van der Waals surface area contributed by atoms with Crippen molar-refractivity contribution in [3.63, 3.8) is 0 Å². The number of hydrogen-bond acceptors (Lipinski definition) is 3. The molecule has 5 nitrogen and oxygen atoms in total. The lowest BCUT2D eigenvalue weighted by Gasteiger charge is -2.17. The van der Waals surface area contributed by atoms with Crippen molar-refractivity contribution >= 4 is 17.7 Å². The van der Waals surface area contributed by atoms with Crippen LogP contribution in [0.15, 0.2) is 24.3 Å². The van der Waals surface area contributed by atoms with E-state index in [2.05, 4.69) is 5.43 Å². The summed E-state index contributed by atoms with van der Waals surface area (Å²) in [4.78, 5) is 35.6. The molecule has 94 valence electrons. The summed E-state index contributed by atoms with van der Waals surface area (Å²) in [6.07, 6.45) is 0.648. The Kier molecular flexibility index (Phi) is 3.14. The lowest BCUT2D eigenvalue weighted by atomic mass is 10.1. The fourth-order valence-corrected chi connectivity index (χ4v) is 1.70. The molecule has 1 atom stereocenters. The predicted molar refractivity (Wildman–Crippen MR) is 64.5 cm³/mol. The number of nitrogens with zero attached hydrogens (tertiary/aromatic N) is 1. The van der Waals surface area contributed by atoms with Crippen molar-refractivity contribution in [1.29, 1.82) is 0 Å². The van der Waals surface area contributed by atoms with E-state index in [1.807, 2.05) is 6.92 Å². The molecule has 1 aromatic rings. The summed E-state index contributed by atoms with van der Waals surface area (Å²) in [7, 11) is 0. The summed E-state index contributed by atoms with van der Waals surface area (Å²) in [5.74, 6) is -1.53. The van der Waals surface area contributed by atoms with E-state index in [0.717, 1.165) is 5.01 Å². The molecule has 1 aromatic carbocycles. The van der Waals surface area contributed by atoms with Crippen LogP contribution in [0.2, 0.25) is 0 Å². The highest BCUT2D eigenvalue weighted by atomic mass is 16.2. The molecule has 0 spiro atoms. The van der Waals surface area contributed by atoms with Gasteiger partial charge in [0.25, 0.3) is 11.8 Å². The standard InChI is InChI=1S/C13H14N2O3/c1-3-8(2)11(16)14-15-12(17)9-6-4-5-7-10(9)13(15)18/h4-8H,3H2,1-2H3,(H,14,16). The third-order valence-electron chi connectivity index (χ3n) is 3.08. The topological polar surface area (TPSA) is 66.5 Å². The van der Waals surface area contributed by atoms with Gasteiger partial charge in [-0.15, -0.1) is 0 Å². The van der Waals surface area contributed by atoms with Gasteiger partial charge in [-0.3, -0.25) is 19.8 Å². The third-order valence-corrected chi connectivity index (χ3v) is 3.08. The molecule has 0 radical (unpaired) electrons. The number of amides is 3. The molecule has 0 aromatic heterocycles. The molecular formula is C13H14N2O3. The van der Waals surface area contributed by atoms with Crippen molar-refractivity contribution in [2.45, 2.75) is 20.3 Å². The van der Waals surface area contributed by atoms with Crippen LogP contribution < -0.4 is 5.43 Å². The Morgan fingerprint density at radius 1 is 1.22 bits per heavy atom. The van der Waals surface area contributed by atoms with Crippen LogP contribution in [-0.4, -0.2) is 22.7 Å². The van der Waals surface area contributed by atoms with Crippen molar-refractivity contribution in [1.82, 2.24) is 10.4 Å². The first-order valence-electron chi connectivity index (χ1n) is 5.84. The molecular weight excluding hydrogens is 232 g/mol. The Bertz CT molecular complexity index is 490. The van der Waals surface area contributed by atoms with Crippen LogP contribution in [0.25, 0.3) is 0 Å². The maximum Gasteiger partial charge on any atom is 0.280 e. The van der Waals surface area contributed by atoms with Crippen LogP contribution in [0.5, 0.6) is 0 Å². The number of benzene rings is 1. The minimum absolute atomic E-state index is 0.241.